The highest BCUT2D eigenvalue weighted by Crippen LogP contribution is 2.36. The van der Waals surface area contributed by atoms with E-state index in [2.05, 4.69) is 5.32 Å². The number of para-hydroxylation sites is 2. The number of methoxy groups -OCH3 is 1. The van der Waals surface area contributed by atoms with Gasteiger partial charge in [-0.3, -0.25) is 9.59 Å². The Hall–Kier alpha value is -2.82. The van der Waals surface area contributed by atoms with Gasteiger partial charge < -0.3 is 15.0 Å². The van der Waals surface area contributed by atoms with Crippen LogP contribution in [0.1, 0.15) is 30.1 Å². The lowest BCUT2D eigenvalue weighted by Crippen LogP contribution is -2.31. The number of ether oxygens (including phenoxy) is 1. The van der Waals surface area contributed by atoms with E-state index >= 15 is 0 Å². The second kappa shape index (κ2) is 6.74. The molecule has 5 nitrogen and oxygen atoms in total. The van der Waals surface area contributed by atoms with Crippen molar-refractivity contribution in [2.75, 3.05) is 17.3 Å². The molecule has 2 amide bonds. The first-order valence-corrected chi connectivity index (χ1v) is 7.94. The zero-order chi connectivity index (χ0) is 17.1. The van der Waals surface area contributed by atoms with Gasteiger partial charge in [0.2, 0.25) is 5.91 Å². The molecular weight excluding hydrogens is 304 g/mol. The third kappa shape index (κ3) is 3.40. The summed E-state index contributed by atoms with van der Waals surface area (Å²) in [6.45, 7) is 1.55. The minimum atomic E-state index is -0.236. The minimum Gasteiger partial charge on any atom is -0.497 e. The monoisotopic (exact) mass is 324 g/mol. The Bertz CT molecular complexity index is 769. The Balaban J connectivity index is 1.87. The molecule has 124 valence electrons. The van der Waals surface area contributed by atoms with E-state index in [1.807, 2.05) is 24.3 Å². The Morgan fingerprint density at radius 1 is 1.12 bits per heavy atom. The number of rotatable bonds is 5. The van der Waals surface area contributed by atoms with Crippen molar-refractivity contribution in [3.05, 3.63) is 54.1 Å². The molecule has 0 atom stereocenters. The third-order valence-electron chi connectivity index (χ3n) is 3.99. The largest absolute Gasteiger partial charge is 0.497 e. The number of amides is 2. The van der Waals surface area contributed by atoms with Gasteiger partial charge in [-0.05, 0) is 43.2 Å². The van der Waals surface area contributed by atoms with Crippen molar-refractivity contribution in [1.82, 2.24) is 0 Å². The molecule has 1 saturated carbocycles. The van der Waals surface area contributed by atoms with Crippen molar-refractivity contribution in [2.24, 2.45) is 0 Å². The zero-order valence-electron chi connectivity index (χ0n) is 13.8. The van der Waals surface area contributed by atoms with Crippen molar-refractivity contribution < 1.29 is 14.3 Å². The van der Waals surface area contributed by atoms with Gasteiger partial charge in [0.1, 0.15) is 5.75 Å². The van der Waals surface area contributed by atoms with Gasteiger partial charge in [0, 0.05) is 18.5 Å². The maximum atomic E-state index is 12.5. The SMILES string of the molecule is COc1cccc(C(=O)Nc2ccccc2N(C(C)=O)C2CC2)c1. The van der Waals surface area contributed by atoms with E-state index in [4.69, 9.17) is 4.74 Å². The lowest BCUT2D eigenvalue weighted by Gasteiger charge is -2.24. The second-order valence-corrected chi connectivity index (χ2v) is 5.82. The molecule has 2 aromatic rings. The molecule has 0 heterocycles. The number of nitrogens with one attached hydrogen (secondary N) is 1. The van der Waals surface area contributed by atoms with Gasteiger partial charge in [0.15, 0.2) is 0 Å². The van der Waals surface area contributed by atoms with E-state index < -0.39 is 0 Å². The number of carbonyl (C=O) groups excluding carboxylic acids is 2. The molecule has 1 aliphatic rings. The van der Waals surface area contributed by atoms with Gasteiger partial charge in [0.05, 0.1) is 18.5 Å². The van der Waals surface area contributed by atoms with Crippen LogP contribution in [0.2, 0.25) is 0 Å². The smallest absolute Gasteiger partial charge is 0.255 e. The van der Waals surface area contributed by atoms with Crippen molar-refractivity contribution in [3.63, 3.8) is 0 Å². The molecule has 3 rings (SSSR count). The highest BCUT2D eigenvalue weighted by molar-refractivity contribution is 6.07. The maximum absolute atomic E-state index is 12.5. The molecule has 0 bridgehead atoms. The van der Waals surface area contributed by atoms with Crippen molar-refractivity contribution in [3.8, 4) is 5.75 Å². The Morgan fingerprint density at radius 2 is 1.88 bits per heavy atom. The number of hydrogen-bond acceptors (Lipinski definition) is 3. The van der Waals surface area contributed by atoms with Crippen LogP contribution >= 0.6 is 0 Å². The van der Waals surface area contributed by atoms with Gasteiger partial charge in [-0.25, -0.2) is 0 Å². The van der Waals surface area contributed by atoms with Crippen molar-refractivity contribution >= 4 is 23.2 Å². The fourth-order valence-corrected chi connectivity index (χ4v) is 2.70. The number of anilines is 2. The lowest BCUT2D eigenvalue weighted by atomic mass is 10.1. The maximum Gasteiger partial charge on any atom is 0.255 e. The standard InChI is InChI=1S/C19H20N2O3/c1-13(22)21(15-10-11-15)18-9-4-3-8-17(18)20-19(23)14-6-5-7-16(12-14)24-2/h3-9,12,15H,10-11H2,1-2H3,(H,20,23). The van der Waals surface area contributed by atoms with E-state index in [1.165, 1.54) is 0 Å². The summed E-state index contributed by atoms with van der Waals surface area (Å²) >= 11 is 0. The van der Waals surface area contributed by atoms with E-state index in [0.29, 0.717) is 17.0 Å². The minimum absolute atomic E-state index is 0.0134. The van der Waals surface area contributed by atoms with Crippen molar-refractivity contribution in [1.29, 1.82) is 0 Å². The van der Waals surface area contributed by atoms with Crippen LogP contribution in [0.3, 0.4) is 0 Å². The van der Waals surface area contributed by atoms with Crippen LogP contribution in [-0.4, -0.2) is 25.0 Å². The summed E-state index contributed by atoms with van der Waals surface area (Å²) in [5.41, 5.74) is 1.88. The second-order valence-electron chi connectivity index (χ2n) is 5.82. The molecule has 0 radical (unpaired) electrons. The van der Waals surface area contributed by atoms with Gasteiger partial charge >= 0.3 is 0 Å². The molecule has 0 saturated heterocycles. The highest BCUT2D eigenvalue weighted by Gasteiger charge is 2.33. The third-order valence-corrected chi connectivity index (χ3v) is 3.99. The topological polar surface area (TPSA) is 58.6 Å². The first-order chi connectivity index (χ1) is 11.6. The van der Waals surface area contributed by atoms with Crippen LogP contribution in [0.4, 0.5) is 11.4 Å². The van der Waals surface area contributed by atoms with Gasteiger partial charge in [-0.2, -0.15) is 0 Å². The van der Waals surface area contributed by atoms with Crippen LogP contribution in [0.25, 0.3) is 0 Å². The molecule has 1 N–H and O–H groups in total. The van der Waals surface area contributed by atoms with Gasteiger partial charge in [-0.1, -0.05) is 18.2 Å². The first kappa shape index (κ1) is 16.1. The summed E-state index contributed by atoms with van der Waals surface area (Å²) in [5, 5.41) is 2.91. The Morgan fingerprint density at radius 3 is 2.54 bits per heavy atom. The molecule has 0 spiro atoms. The summed E-state index contributed by atoms with van der Waals surface area (Å²) in [4.78, 5) is 26.3. The van der Waals surface area contributed by atoms with Crippen LogP contribution in [0, 0.1) is 0 Å². The molecule has 0 aromatic heterocycles. The van der Waals surface area contributed by atoms with Crippen LogP contribution < -0.4 is 15.0 Å². The first-order valence-electron chi connectivity index (χ1n) is 7.94. The van der Waals surface area contributed by atoms with E-state index in [9.17, 15) is 9.59 Å². The van der Waals surface area contributed by atoms with E-state index in [0.717, 1.165) is 18.5 Å². The van der Waals surface area contributed by atoms with Gasteiger partial charge in [-0.15, -0.1) is 0 Å². The van der Waals surface area contributed by atoms with Crippen molar-refractivity contribution in [2.45, 2.75) is 25.8 Å². The predicted octanol–water partition coefficient (Wildman–Crippen LogP) is 3.46. The molecule has 1 fully saturated rings. The summed E-state index contributed by atoms with van der Waals surface area (Å²) in [7, 11) is 1.56. The Kier molecular flexibility index (Phi) is 4.51. The molecular formula is C19H20N2O3. The van der Waals surface area contributed by atoms with Gasteiger partial charge in [0.25, 0.3) is 5.91 Å². The van der Waals surface area contributed by atoms with E-state index in [-0.39, 0.29) is 17.9 Å². The van der Waals surface area contributed by atoms with Crippen LogP contribution in [0.15, 0.2) is 48.5 Å². The Labute approximate surface area is 141 Å². The van der Waals surface area contributed by atoms with Crippen LogP contribution in [-0.2, 0) is 4.79 Å². The molecule has 0 unspecified atom stereocenters. The number of hydrogen-bond donors (Lipinski definition) is 1. The number of nitrogens with zero attached hydrogens (tertiary/aromatic N) is 1. The molecule has 0 aliphatic heterocycles. The number of benzene rings is 2. The quantitative estimate of drug-likeness (QED) is 0.916. The number of carbonyl (C=O) groups is 2. The summed E-state index contributed by atoms with van der Waals surface area (Å²) in [6.07, 6.45) is 2.00. The fraction of sp³-hybridized carbons (Fsp3) is 0.263. The normalized spacial score (nSPS) is 13.2. The highest BCUT2D eigenvalue weighted by atomic mass is 16.5. The molecule has 1 aliphatic carbocycles. The molecule has 5 heteroatoms. The van der Waals surface area contributed by atoms with E-state index in [1.54, 1.807) is 43.2 Å². The summed E-state index contributed by atoms with van der Waals surface area (Å²) in [6, 6.07) is 14.6. The average molecular weight is 324 g/mol. The molecule has 2 aromatic carbocycles. The molecule has 24 heavy (non-hydrogen) atoms. The average Bonchev–Trinajstić information content (AvgIpc) is 3.41. The van der Waals surface area contributed by atoms with Crippen LogP contribution in [0.5, 0.6) is 5.75 Å². The fourth-order valence-electron chi connectivity index (χ4n) is 2.70. The summed E-state index contributed by atoms with van der Waals surface area (Å²) in [5.74, 6) is 0.375. The lowest BCUT2D eigenvalue weighted by molar-refractivity contribution is -0.116. The summed E-state index contributed by atoms with van der Waals surface area (Å²) < 4.78 is 5.16. The predicted molar refractivity (Wildman–Crippen MR) is 93.6 cm³/mol. The zero-order valence-corrected chi connectivity index (χ0v) is 13.8.